The largest absolute Gasteiger partial charge is 0.481 e. The number of carboxylic acids is 1. The molecule has 1 aromatic rings. The normalized spacial score (nSPS) is 16.6. The average Bonchev–Trinajstić information content (AvgIpc) is 2.41. The van der Waals surface area contributed by atoms with Gasteiger partial charge in [-0.05, 0) is 30.5 Å². The number of benzene rings is 1. The zero-order chi connectivity index (χ0) is 15.9. The van der Waals surface area contributed by atoms with Crippen LogP contribution in [0.2, 0.25) is 0 Å². The molecule has 22 heavy (non-hydrogen) atoms. The number of hydrogen-bond donors (Lipinski definition) is 2. The van der Waals surface area contributed by atoms with E-state index in [2.05, 4.69) is 5.32 Å². The summed E-state index contributed by atoms with van der Waals surface area (Å²) in [6.07, 6.45) is 7.10. The topological polar surface area (TPSA) is 66.4 Å². The molecule has 0 spiro atoms. The lowest BCUT2D eigenvalue weighted by Gasteiger charge is -2.19. The maximum atomic E-state index is 13.8. The first-order valence-corrected chi connectivity index (χ1v) is 7.87. The zero-order valence-corrected chi connectivity index (χ0v) is 12.6. The first kappa shape index (κ1) is 16.5. The molecule has 4 nitrogen and oxygen atoms in total. The van der Waals surface area contributed by atoms with Crippen LogP contribution in [0.25, 0.3) is 0 Å². The minimum Gasteiger partial charge on any atom is -0.481 e. The molecule has 120 valence electrons. The van der Waals surface area contributed by atoms with Gasteiger partial charge in [0.1, 0.15) is 5.82 Å². The Bertz CT molecular complexity index is 537. The van der Waals surface area contributed by atoms with Gasteiger partial charge in [0.15, 0.2) is 0 Å². The van der Waals surface area contributed by atoms with Gasteiger partial charge >= 0.3 is 5.97 Å². The van der Waals surface area contributed by atoms with E-state index in [-0.39, 0.29) is 23.8 Å². The molecule has 0 radical (unpaired) electrons. The van der Waals surface area contributed by atoms with Gasteiger partial charge < -0.3 is 10.4 Å². The van der Waals surface area contributed by atoms with Crippen LogP contribution in [0.3, 0.4) is 0 Å². The van der Waals surface area contributed by atoms with Crippen molar-refractivity contribution < 1.29 is 19.1 Å². The highest BCUT2D eigenvalue weighted by Crippen LogP contribution is 2.24. The van der Waals surface area contributed by atoms with E-state index in [9.17, 15) is 14.0 Å². The molecule has 1 amide bonds. The second kappa shape index (κ2) is 7.92. The quantitative estimate of drug-likeness (QED) is 0.890. The maximum Gasteiger partial charge on any atom is 0.307 e. The lowest BCUT2D eigenvalue weighted by Crippen LogP contribution is -2.23. The summed E-state index contributed by atoms with van der Waals surface area (Å²) in [5, 5.41) is 11.4. The van der Waals surface area contributed by atoms with Crippen molar-refractivity contribution in [2.24, 2.45) is 5.92 Å². The highest BCUT2D eigenvalue weighted by atomic mass is 19.1. The molecule has 1 fully saturated rings. The van der Waals surface area contributed by atoms with E-state index in [1.165, 1.54) is 31.4 Å². The number of carbonyl (C=O) groups is 2. The molecule has 0 aromatic heterocycles. The van der Waals surface area contributed by atoms with Crippen LogP contribution in [0.5, 0.6) is 0 Å². The number of halogens is 1. The monoisotopic (exact) mass is 307 g/mol. The molecule has 5 heteroatoms. The SMILES string of the molecule is O=C(O)Cc1ccc(NC(=O)C2CCCCCCC2)cc1F. The van der Waals surface area contributed by atoms with Crippen LogP contribution in [0.4, 0.5) is 10.1 Å². The number of hydrogen-bond acceptors (Lipinski definition) is 2. The fraction of sp³-hybridized carbons (Fsp3) is 0.529. The fourth-order valence-electron chi connectivity index (χ4n) is 2.89. The number of carbonyl (C=O) groups excluding carboxylic acids is 1. The van der Waals surface area contributed by atoms with E-state index in [1.807, 2.05) is 0 Å². The number of anilines is 1. The molecule has 2 N–H and O–H groups in total. The van der Waals surface area contributed by atoms with Crippen molar-refractivity contribution in [2.45, 2.75) is 51.4 Å². The molecule has 1 aromatic carbocycles. The summed E-state index contributed by atoms with van der Waals surface area (Å²) < 4.78 is 13.8. The number of amides is 1. The van der Waals surface area contributed by atoms with Crippen molar-refractivity contribution in [3.63, 3.8) is 0 Å². The van der Waals surface area contributed by atoms with Gasteiger partial charge in [-0.3, -0.25) is 9.59 Å². The van der Waals surface area contributed by atoms with Crippen LogP contribution in [-0.4, -0.2) is 17.0 Å². The minimum absolute atomic E-state index is 0.0120. The van der Waals surface area contributed by atoms with Crippen LogP contribution >= 0.6 is 0 Å². The molecule has 0 heterocycles. The van der Waals surface area contributed by atoms with Crippen molar-refractivity contribution in [3.05, 3.63) is 29.6 Å². The van der Waals surface area contributed by atoms with E-state index >= 15 is 0 Å². The van der Waals surface area contributed by atoms with Gasteiger partial charge in [-0.1, -0.05) is 38.2 Å². The number of nitrogens with one attached hydrogen (secondary N) is 1. The predicted molar refractivity (Wildman–Crippen MR) is 82.2 cm³/mol. The third kappa shape index (κ3) is 4.83. The number of rotatable bonds is 4. The third-order valence-electron chi connectivity index (χ3n) is 4.14. The van der Waals surface area contributed by atoms with Crippen LogP contribution in [0.1, 0.15) is 50.5 Å². The Labute approximate surface area is 129 Å². The summed E-state index contributed by atoms with van der Waals surface area (Å²) in [7, 11) is 0. The Kier molecular flexibility index (Phi) is 5.92. The van der Waals surface area contributed by atoms with E-state index < -0.39 is 11.8 Å². The van der Waals surface area contributed by atoms with Gasteiger partial charge in [-0.15, -0.1) is 0 Å². The van der Waals surface area contributed by atoms with Gasteiger partial charge in [0.2, 0.25) is 5.91 Å². The Morgan fingerprint density at radius 2 is 1.77 bits per heavy atom. The smallest absolute Gasteiger partial charge is 0.307 e. The standard InChI is InChI=1S/C17H22FNO3/c18-15-11-14(9-8-13(15)10-16(20)21)19-17(22)12-6-4-2-1-3-5-7-12/h8-9,11-12H,1-7,10H2,(H,19,22)(H,20,21). The summed E-state index contributed by atoms with van der Waals surface area (Å²) in [6, 6.07) is 4.17. The van der Waals surface area contributed by atoms with E-state index in [1.54, 1.807) is 6.07 Å². The first-order chi connectivity index (χ1) is 10.6. The van der Waals surface area contributed by atoms with Crippen LogP contribution in [-0.2, 0) is 16.0 Å². The second-order valence-electron chi connectivity index (χ2n) is 5.91. The summed E-state index contributed by atoms with van der Waals surface area (Å²) >= 11 is 0. The summed E-state index contributed by atoms with van der Waals surface area (Å²) in [5.41, 5.74) is 0.509. The van der Waals surface area contributed by atoms with Gasteiger partial charge in [-0.2, -0.15) is 0 Å². The van der Waals surface area contributed by atoms with Gasteiger partial charge in [0.25, 0.3) is 0 Å². The van der Waals surface area contributed by atoms with E-state index in [0.29, 0.717) is 5.69 Å². The third-order valence-corrected chi connectivity index (χ3v) is 4.14. The maximum absolute atomic E-state index is 13.8. The molecular formula is C17H22FNO3. The lowest BCUT2D eigenvalue weighted by molar-refractivity contribution is -0.136. The first-order valence-electron chi connectivity index (χ1n) is 7.87. The lowest BCUT2D eigenvalue weighted by atomic mass is 9.90. The molecular weight excluding hydrogens is 285 g/mol. The van der Waals surface area contributed by atoms with E-state index in [0.717, 1.165) is 25.7 Å². The summed E-state index contributed by atoms with van der Waals surface area (Å²) in [4.78, 5) is 22.9. The van der Waals surface area contributed by atoms with Crippen LogP contribution in [0.15, 0.2) is 18.2 Å². The van der Waals surface area contributed by atoms with Crippen molar-refractivity contribution in [2.75, 3.05) is 5.32 Å². The van der Waals surface area contributed by atoms with Crippen LogP contribution in [0, 0.1) is 11.7 Å². The second-order valence-corrected chi connectivity index (χ2v) is 5.91. The summed E-state index contributed by atoms with van der Waals surface area (Å²) in [6.45, 7) is 0. The Morgan fingerprint density at radius 3 is 2.36 bits per heavy atom. The van der Waals surface area contributed by atoms with Crippen molar-refractivity contribution in [1.82, 2.24) is 0 Å². The molecule has 1 aliphatic rings. The highest BCUT2D eigenvalue weighted by Gasteiger charge is 2.19. The van der Waals surface area contributed by atoms with Crippen molar-refractivity contribution >= 4 is 17.6 Å². The fourth-order valence-corrected chi connectivity index (χ4v) is 2.89. The Morgan fingerprint density at radius 1 is 1.14 bits per heavy atom. The van der Waals surface area contributed by atoms with Gasteiger partial charge in [-0.25, -0.2) is 4.39 Å². The molecule has 0 aliphatic heterocycles. The van der Waals surface area contributed by atoms with Gasteiger partial charge in [0, 0.05) is 11.6 Å². The Balaban J connectivity index is 1.98. The Hall–Kier alpha value is -1.91. The van der Waals surface area contributed by atoms with E-state index in [4.69, 9.17) is 5.11 Å². The zero-order valence-electron chi connectivity index (χ0n) is 12.6. The highest BCUT2D eigenvalue weighted by molar-refractivity contribution is 5.92. The van der Waals surface area contributed by atoms with Gasteiger partial charge in [0.05, 0.1) is 6.42 Å². The van der Waals surface area contributed by atoms with Crippen molar-refractivity contribution in [3.8, 4) is 0 Å². The molecule has 0 unspecified atom stereocenters. The van der Waals surface area contributed by atoms with Crippen molar-refractivity contribution in [1.29, 1.82) is 0 Å². The molecule has 0 saturated heterocycles. The molecule has 1 aliphatic carbocycles. The summed E-state index contributed by atoms with van der Waals surface area (Å²) in [5.74, 6) is -1.75. The average molecular weight is 307 g/mol. The molecule has 0 bridgehead atoms. The van der Waals surface area contributed by atoms with Crippen LogP contribution < -0.4 is 5.32 Å². The molecule has 2 rings (SSSR count). The molecule has 0 atom stereocenters. The molecule has 1 saturated carbocycles. The number of carboxylic acid groups (broad SMARTS) is 1. The predicted octanol–water partition coefficient (Wildman–Crippen LogP) is 3.75. The minimum atomic E-state index is -1.08. The number of aliphatic carboxylic acids is 1.